The second kappa shape index (κ2) is 10.1. The van der Waals surface area contributed by atoms with Crippen LogP contribution in [0.25, 0.3) is 6.08 Å². The van der Waals surface area contributed by atoms with E-state index in [1.165, 1.54) is 30.3 Å². The lowest BCUT2D eigenvalue weighted by Gasteiger charge is -2.26. The Labute approximate surface area is 204 Å². The smallest absolute Gasteiger partial charge is 0.335 e. The molecule has 5 amide bonds. The lowest BCUT2D eigenvalue weighted by Crippen LogP contribution is -2.54. The van der Waals surface area contributed by atoms with Gasteiger partial charge in [-0.3, -0.25) is 19.7 Å². The maximum Gasteiger partial charge on any atom is 0.335 e. The number of para-hydroxylation sites is 2. The van der Waals surface area contributed by atoms with Gasteiger partial charge in [0.15, 0.2) is 6.61 Å². The molecular formula is C25H18ClN3O6. The molecule has 1 aliphatic heterocycles. The van der Waals surface area contributed by atoms with Crippen molar-refractivity contribution in [2.45, 2.75) is 0 Å². The van der Waals surface area contributed by atoms with Crippen molar-refractivity contribution in [1.82, 2.24) is 5.32 Å². The number of amides is 5. The molecule has 3 N–H and O–H groups in total. The lowest BCUT2D eigenvalue weighted by atomic mass is 10.1. The highest BCUT2D eigenvalue weighted by Gasteiger charge is 2.37. The number of nitrogens with zero attached hydrogens (tertiary/aromatic N) is 1. The van der Waals surface area contributed by atoms with Gasteiger partial charge >= 0.3 is 6.03 Å². The fraction of sp³-hybridized carbons (Fsp3) is 0.0400. The molecule has 1 saturated heterocycles. The zero-order valence-electron chi connectivity index (χ0n) is 18.0. The molecule has 0 bridgehead atoms. The molecule has 35 heavy (non-hydrogen) atoms. The first-order valence-corrected chi connectivity index (χ1v) is 10.7. The quantitative estimate of drug-likeness (QED) is 0.356. The van der Waals surface area contributed by atoms with Crippen LogP contribution in [-0.4, -0.2) is 35.5 Å². The van der Waals surface area contributed by atoms with Gasteiger partial charge in [-0.1, -0.05) is 41.9 Å². The molecule has 10 heteroatoms. The number of benzene rings is 3. The van der Waals surface area contributed by atoms with Gasteiger partial charge in [-0.15, -0.1) is 0 Å². The largest absolute Gasteiger partial charge is 0.508 e. The number of hydrogen-bond acceptors (Lipinski definition) is 6. The molecule has 1 heterocycles. The van der Waals surface area contributed by atoms with Crippen molar-refractivity contribution in [1.29, 1.82) is 0 Å². The summed E-state index contributed by atoms with van der Waals surface area (Å²) in [4.78, 5) is 50.9. The van der Waals surface area contributed by atoms with Crippen molar-refractivity contribution in [3.63, 3.8) is 0 Å². The number of nitrogens with one attached hydrogen (secondary N) is 2. The average Bonchev–Trinajstić information content (AvgIpc) is 2.83. The fourth-order valence-electron chi connectivity index (χ4n) is 3.27. The molecule has 0 saturated carbocycles. The van der Waals surface area contributed by atoms with Gasteiger partial charge in [0.1, 0.15) is 17.1 Å². The maximum atomic E-state index is 13.0. The Morgan fingerprint density at radius 1 is 1.00 bits per heavy atom. The van der Waals surface area contributed by atoms with E-state index in [0.717, 1.165) is 4.90 Å². The second-order valence-electron chi connectivity index (χ2n) is 7.33. The highest BCUT2D eigenvalue weighted by Crippen LogP contribution is 2.27. The number of hydrogen-bond donors (Lipinski definition) is 3. The molecule has 0 spiro atoms. The van der Waals surface area contributed by atoms with E-state index in [1.54, 1.807) is 48.5 Å². The SMILES string of the molecule is O=C(COc1ccccc1/C=C1\C(=O)NC(=O)N(c2ccc(O)cc2)C1=O)Nc1ccccc1Cl. The van der Waals surface area contributed by atoms with Crippen LogP contribution in [-0.2, 0) is 14.4 Å². The number of barbiturate groups is 1. The van der Waals surface area contributed by atoms with Gasteiger partial charge in [-0.05, 0) is 48.5 Å². The number of aromatic hydroxyl groups is 1. The molecule has 3 aromatic carbocycles. The zero-order chi connectivity index (χ0) is 24.9. The molecule has 9 nitrogen and oxygen atoms in total. The predicted octanol–water partition coefficient (Wildman–Crippen LogP) is 3.73. The van der Waals surface area contributed by atoms with Gasteiger partial charge in [-0.2, -0.15) is 0 Å². The predicted molar refractivity (Wildman–Crippen MR) is 129 cm³/mol. The van der Waals surface area contributed by atoms with Crippen LogP contribution in [0.15, 0.2) is 78.4 Å². The van der Waals surface area contributed by atoms with Crippen LogP contribution in [0.1, 0.15) is 5.56 Å². The number of carbonyl (C=O) groups is 4. The van der Waals surface area contributed by atoms with Crippen LogP contribution in [0.4, 0.5) is 16.2 Å². The van der Waals surface area contributed by atoms with Crippen LogP contribution >= 0.6 is 11.6 Å². The summed E-state index contributed by atoms with van der Waals surface area (Å²) < 4.78 is 5.62. The highest BCUT2D eigenvalue weighted by atomic mass is 35.5. The Morgan fingerprint density at radius 3 is 2.43 bits per heavy atom. The summed E-state index contributed by atoms with van der Waals surface area (Å²) in [6.07, 6.45) is 1.28. The Balaban J connectivity index is 1.55. The van der Waals surface area contributed by atoms with Gasteiger partial charge < -0.3 is 15.2 Å². The molecular weight excluding hydrogens is 474 g/mol. The molecule has 1 fully saturated rings. The third-order valence-corrected chi connectivity index (χ3v) is 5.26. The minimum atomic E-state index is -0.913. The summed E-state index contributed by atoms with van der Waals surface area (Å²) in [5.41, 5.74) is 0.636. The summed E-state index contributed by atoms with van der Waals surface area (Å²) in [5, 5.41) is 14.6. The third kappa shape index (κ3) is 5.31. The molecule has 0 unspecified atom stereocenters. The number of ether oxygens (including phenoxy) is 1. The zero-order valence-corrected chi connectivity index (χ0v) is 18.8. The summed E-state index contributed by atoms with van der Waals surface area (Å²) in [5.74, 6) is -1.99. The molecule has 0 aromatic heterocycles. The Bertz CT molecular complexity index is 1350. The van der Waals surface area contributed by atoms with Crippen molar-refractivity contribution in [2.75, 3.05) is 16.8 Å². The first-order chi connectivity index (χ1) is 16.8. The van der Waals surface area contributed by atoms with Gasteiger partial charge in [-0.25, -0.2) is 9.69 Å². The molecule has 1 aliphatic rings. The summed E-state index contributed by atoms with van der Waals surface area (Å²) in [7, 11) is 0. The minimum absolute atomic E-state index is 0.0462. The summed E-state index contributed by atoms with van der Waals surface area (Å²) in [6.45, 7) is -0.357. The molecule has 176 valence electrons. The number of imide groups is 2. The number of phenolic OH excluding ortho intramolecular Hbond substituents is 1. The number of rotatable bonds is 6. The molecule has 0 atom stereocenters. The van der Waals surface area contributed by atoms with E-state index in [2.05, 4.69) is 10.6 Å². The standard InChI is InChI=1S/C25H18ClN3O6/c26-19-6-2-3-7-20(19)27-22(31)14-35-21-8-4-1-5-15(21)13-18-23(32)28-25(34)29(24(18)33)16-9-11-17(30)12-10-16/h1-13,30H,14H2,(H,27,31)(H,28,32,34)/b18-13+. The van der Waals surface area contributed by atoms with E-state index in [1.807, 2.05) is 0 Å². The number of halogens is 1. The number of carbonyl (C=O) groups excluding carboxylic acids is 4. The van der Waals surface area contributed by atoms with Gasteiger partial charge in [0, 0.05) is 5.56 Å². The normalized spacial score (nSPS) is 14.6. The first-order valence-electron chi connectivity index (χ1n) is 10.3. The molecule has 4 rings (SSSR count). The topological polar surface area (TPSA) is 125 Å². The van der Waals surface area contributed by atoms with Crippen LogP contribution in [0.3, 0.4) is 0 Å². The highest BCUT2D eigenvalue weighted by molar-refractivity contribution is 6.39. The van der Waals surface area contributed by atoms with Crippen LogP contribution < -0.4 is 20.3 Å². The van der Waals surface area contributed by atoms with Crippen LogP contribution in [0, 0.1) is 0 Å². The Kier molecular flexibility index (Phi) is 6.79. The van der Waals surface area contributed by atoms with Gasteiger partial charge in [0.25, 0.3) is 17.7 Å². The fourth-order valence-corrected chi connectivity index (χ4v) is 3.46. The third-order valence-electron chi connectivity index (χ3n) is 4.94. The van der Waals surface area contributed by atoms with Gasteiger partial charge in [0.2, 0.25) is 0 Å². The van der Waals surface area contributed by atoms with Crippen LogP contribution in [0.5, 0.6) is 11.5 Å². The van der Waals surface area contributed by atoms with Crippen molar-refractivity contribution in [3.05, 3.63) is 89.0 Å². The minimum Gasteiger partial charge on any atom is -0.508 e. The van der Waals surface area contributed by atoms with E-state index in [0.29, 0.717) is 16.3 Å². The van der Waals surface area contributed by atoms with E-state index < -0.39 is 23.8 Å². The van der Waals surface area contributed by atoms with Crippen molar-refractivity contribution < 1.29 is 29.0 Å². The van der Waals surface area contributed by atoms with Crippen molar-refractivity contribution >= 4 is 52.8 Å². The Morgan fingerprint density at radius 2 is 1.69 bits per heavy atom. The second-order valence-corrected chi connectivity index (χ2v) is 7.74. The Hall–Kier alpha value is -4.63. The van der Waals surface area contributed by atoms with E-state index >= 15 is 0 Å². The number of anilines is 2. The maximum absolute atomic E-state index is 13.0. The number of phenols is 1. The molecule has 0 radical (unpaired) electrons. The number of urea groups is 1. The van der Waals surface area contributed by atoms with Crippen molar-refractivity contribution in [3.8, 4) is 11.5 Å². The van der Waals surface area contributed by atoms with Gasteiger partial charge in [0.05, 0.1) is 16.4 Å². The summed E-state index contributed by atoms with van der Waals surface area (Å²) >= 11 is 6.05. The summed E-state index contributed by atoms with van der Waals surface area (Å²) in [6, 6.07) is 17.7. The molecule has 0 aliphatic carbocycles. The first kappa shape index (κ1) is 23.5. The monoisotopic (exact) mass is 491 g/mol. The average molecular weight is 492 g/mol. The molecule has 3 aromatic rings. The van der Waals surface area contributed by atoms with Crippen LogP contribution in [0.2, 0.25) is 5.02 Å². The van der Waals surface area contributed by atoms with E-state index in [-0.39, 0.29) is 29.4 Å². The van der Waals surface area contributed by atoms with Crippen molar-refractivity contribution in [2.24, 2.45) is 0 Å². The van der Waals surface area contributed by atoms with E-state index in [4.69, 9.17) is 16.3 Å². The lowest BCUT2D eigenvalue weighted by molar-refractivity contribution is -0.122. The van der Waals surface area contributed by atoms with E-state index in [9.17, 15) is 24.3 Å².